The Morgan fingerprint density at radius 3 is 2.53 bits per heavy atom. The summed E-state index contributed by atoms with van der Waals surface area (Å²) in [6, 6.07) is 0. The van der Waals surface area contributed by atoms with Gasteiger partial charge in [-0.1, -0.05) is 27.7 Å². The first-order valence-corrected chi connectivity index (χ1v) is 6.90. The van der Waals surface area contributed by atoms with Crippen molar-refractivity contribution in [3.8, 4) is 0 Å². The molecule has 1 aliphatic rings. The molecule has 0 bridgehead atoms. The molecule has 0 aliphatic heterocycles. The highest BCUT2D eigenvalue weighted by Gasteiger charge is 2.43. The van der Waals surface area contributed by atoms with Crippen LogP contribution in [0.1, 0.15) is 51.1 Å². The summed E-state index contributed by atoms with van der Waals surface area (Å²) in [6.45, 7) is 9.42. The average molecular weight is 223 g/mol. The Hall–Kier alpha value is -0.370. The van der Waals surface area contributed by atoms with Gasteiger partial charge in [0.1, 0.15) is 0 Å². The monoisotopic (exact) mass is 223 g/mol. The van der Waals surface area contributed by atoms with Crippen LogP contribution in [0.25, 0.3) is 0 Å². The summed E-state index contributed by atoms with van der Waals surface area (Å²) in [4.78, 5) is 6.22. The predicted octanol–water partition coefficient (Wildman–Crippen LogP) is 4.03. The second-order valence-corrected chi connectivity index (χ2v) is 6.27. The van der Waals surface area contributed by atoms with E-state index in [0.717, 1.165) is 0 Å². The third-order valence-electron chi connectivity index (χ3n) is 4.14. The molecule has 1 aromatic rings. The summed E-state index contributed by atoms with van der Waals surface area (Å²) in [5.74, 6) is 1.39. The first kappa shape index (κ1) is 11.1. The zero-order chi connectivity index (χ0) is 11.1. The summed E-state index contributed by atoms with van der Waals surface area (Å²) in [7, 11) is 0. The molecule has 2 rings (SSSR count). The van der Waals surface area contributed by atoms with E-state index >= 15 is 0 Å². The minimum atomic E-state index is 0.341. The van der Waals surface area contributed by atoms with Crippen molar-refractivity contribution in [1.82, 2.24) is 4.98 Å². The van der Waals surface area contributed by atoms with Crippen molar-refractivity contribution in [2.75, 3.05) is 0 Å². The molecule has 1 nitrogen and oxygen atoms in total. The maximum Gasteiger partial charge on any atom is 0.0797 e. The lowest BCUT2D eigenvalue weighted by molar-refractivity contribution is 0.181. The van der Waals surface area contributed by atoms with Crippen LogP contribution in [0.2, 0.25) is 0 Å². The lowest BCUT2D eigenvalue weighted by atomic mass is 9.61. The van der Waals surface area contributed by atoms with Crippen molar-refractivity contribution in [2.24, 2.45) is 11.8 Å². The van der Waals surface area contributed by atoms with E-state index in [1.807, 2.05) is 16.8 Å². The van der Waals surface area contributed by atoms with Crippen molar-refractivity contribution < 1.29 is 0 Å². The highest BCUT2D eigenvalue weighted by atomic mass is 32.1. The van der Waals surface area contributed by atoms with Crippen molar-refractivity contribution in [2.45, 2.75) is 52.4 Å². The highest BCUT2D eigenvalue weighted by Crippen LogP contribution is 2.48. The molecule has 0 saturated carbocycles. The molecule has 0 amide bonds. The van der Waals surface area contributed by atoms with Crippen LogP contribution in [0.4, 0.5) is 0 Å². The first-order chi connectivity index (χ1) is 7.09. The van der Waals surface area contributed by atoms with E-state index in [0.29, 0.717) is 17.3 Å². The van der Waals surface area contributed by atoms with Gasteiger partial charge in [-0.15, -0.1) is 11.3 Å². The van der Waals surface area contributed by atoms with Gasteiger partial charge in [0.15, 0.2) is 0 Å². The van der Waals surface area contributed by atoms with Crippen molar-refractivity contribution in [1.29, 1.82) is 0 Å². The Balaban J connectivity index is 2.52. The van der Waals surface area contributed by atoms with Crippen LogP contribution in [-0.2, 0) is 11.8 Å². The summed E-state index contributed by atoms with van der Waals surface area (Å²) in [6.07, 6.45) is 3.91. The molecule has 0 aromatic carbocycles. The average Bonchev–Trinajstić information content (AvgIpc) is 2.63. The van der Waals surface area contributed by atoms with Crippen LogP contribution in [0.5, 0.6) is 0 Å². The highest BCUT2D eigenvalue weighted by molar-refractivity contribution is 7.09. The maximum atomic E-state index is 4.67. The Kier molecular flexibility index (Phi) is 2.89. The lowest BCUT2D eigenvalue weighted by Gasteiger charge is -2.43. The van der Waals surface area contributed by atoms with Crippen LogP contribution in [0.15, 0.2) is 5.51 Å². The van der Waals surface area contributed by atoms with E-state index in [9.17, 15) is 0 Å². The summed E-state index contributed by atoms with van der Waals surface area (Å²) >= 11 is 1.85. The predicted molar refractivity (Wildman–Crippen MR) is 66.4 cm³/mol. The maximum absolute atomic E-state index is 4.67. The number of thiazole rings is 1. The Morgan fingerprint density at radius 2 is 1.93 bits per heavy atom. The van der Waals surface area contributed by atoms with Gasteiger partial charge in [0.2, 0.25) is 0 Å². The second-order valence-electron chi connectivity index (χ2n) is 5.33. The molecule has 0 atom stereocenters. The molecule has 1 aromatic heterocycles. The van der Waals surface area contributed by atoms with E-state index in [4.69, 9.17) is 0 Å². The van der Waals surface area contributed by atoms with Gasteiger partial charge in [-0.05, 0) is 31.1 Å². The van der Waals surface area contributed by atoms with Gasteiger partial charge in [-0.25, -0.2) is 4.98 Å². The van der Waals surface area contributed by atoms with Gasteiger partial charge >= 0.3 is 0 Å². The molecule has 0 N–H and O–H groups in total. The van der Waals surface area contributed by atoms with Gasteiger partial charge in [-0.3, -0.25) is 0 Å². The number of nitrogens with zero attached hydrogens (tertiary/aromatic N) is 1. The first-order valence-electron chi connectivity index (χ1n) is 6.02. The fourth-order valence-corrected chi connectivity index (χ4v) is 4.18. The van der Waals surface area contributed by atoms with Crippen LogP contribution < -0.4 is 0 Å². The number of hydrogen-bond donors (Lipinski definition) is 0. The minimum Gasteiger partial charge on any atom is -0.249 e. The van der Waals surface area contributed by atoms with Crippen molar-refractivity contribution >= 4 is 11.3 Å². The third-order valence-corrected chi connectivity index (χ3v) is 5.03. The zero-order valence-electron chi connectivity index (χ0n) is 10.2. The molecule has 0 radical (unpaired) electrons. The number of fused-ring (bicyclic) bond motifs is 1. The fraction of sp³-hybridized carbons (Fsp3) is 0.769. The van der Waals surface area contributed by atoms with Crippen LogP contribution >= 0.6 is 11.3 Å². The molecule has 0 fully saturated rings. The Morgan fingerprint density at radius 1 is 1.27 bits per heavy atom. The number of aromatic nitrogens is 1. The van der Waals surface area contributed by atoms with Crippen LogP contribution in [-0.4, -0.2) is 4.98 Å². The van der Waals surface area contributed by atoms with Crippen molar-refractivity contribution in [3.05, 3.63) is 16.1 Å². The summed E-state index contributed by atoms with van der Waals surface area (Å²) < 4.78 is 0. The summed E-state index contributed by atoms with van der Waals surface area (Å²) in [5.41, 5.74) is 3.80. The van der Waals surface area contributed by atoms with Gasteiger partial charge < -0.3 is 0 Å². The second kappa shape index (κ2) is 3.89. The van der Waals surface area contributed by atoms with Crippen LogP contribution in [0.3, 0.4) is 0 Å². The molecule has 15 heavy (non-hydrogen) atoms. The Bertz CT molecular complexity index is 330. The molecule has 1 heterocycles. The topological polar surface area (TPSA) is 12.9 Å². The SMILES string of the molecule is CC(C)C1(C(C)C)CCCc2scnc21. The molecule has 84 valence electrons. The van der Waals surface area contributed by atoms with E-state index < -0.39 is 0 Å². The normalized spacial score (nSPS) is 19.6. The molecule has 0 unspecified atom stereocenters. The number of rotatable bonds is 2. The van der Waals surface area contributed by atoms with Gasteiger partial charge in [-0.2, -0.15) is 0 Å². The standard InChI is InChI=1S/C13H21NS/c1-9(2)13(10(3)4)7-5-6-11-12(13)14-8-15-11/h8-10H,5-7H2,1-4H3. The van der Waals surface area contributed by atoms with Crippen LogP contribution in [0, 0.1) is 11.8 Å². The van der Waals surface area contributed by atoms with Gasteiger partial charge in [0, 0.05) is 10.3 Å². The van der Waals surface area contributed by atoms with E-state index in [-0.39, 0.29) is 0 Å². The van der Waals surface area contributed by atoms with Gasteiger partial charge in [0.25, 0.3) is 0 Å². The molecular formula is C13H21NS. The minimum absolute atomic E-state index is 0.341. The van der Waals surface area contributed by atoms with E-state index in [1.165, 1.54) is 25.0 Å². The molecular weight excluding hydrogens is 202 g/mol. The quantitative estimate of drug-likeness (QED) is 0.737. The zero-order valence-corrected chi connectivity index (χ0v) is 11.0. The fourth-order valence-electron chi connectivity index (χ4n) is 3.28. The Labute approximate surface area is 96.9 Å². The number of hydrogen-bond acceptors (Lipinski definition) is 2. The molecule has 0 saturated heterocycles. The summed E-state index contributed by atoms with van der Waals surface area (Å²) in [5, 5.41) is 0. The smallest absolute Gasteiger partial charge is 0.0797 e. The third kappa shape index (κ3) is 1.54. The van der Waals surface area contributed by atoms with E-state index in [2.05, 4.69) is 32.7 Å². The van der Waals surface area contributed by atoms with E-state index in [1.54, 1.807) is 4.88 Å². The molecule has 1 aliphatic carbocycles. The molecule has 2 heteroatoms. The lowest BCUT2D eigenvalue weighted by Crippen LogP contribution is -2.41. The largest absolute Gasteiger partial charge is 0.249 e. The van der Waals surface area contributed by atoms with Gasteiger partial charge in [0.05, 0.1) is 11.2 Å². The number of aryl methyl sites for hydroxylation is 1. The van der Waals surface area contributed by atoms with Crippen molar-refractivity contribution in [3.63, 3.8) is 0 Å². The molecule has 0 spiro atoms.